The number of aromatic nitrogens is 4. The topological polar surface area (TPSA) is 89.6 Å². The van der Waals surface area contributed by atoms with E-state index < -0.39 is 0 Å². The highest BCUT2D eigenvalue weighted by Crippen LogP contribution is 2.13. The van der Waals surface area contributed by atoms with Gasteiger partial charge in [-0.2, -0.15) is 0 Å². The second kappa shape index (κ2) is 5.05. The molecule has 7 heteroatoms. The fourth-order valence-electron chi connectivity index (χ4n) is 1.40. The van der Waals surface area contributed by atoms with E-state index in [9.17, 15) is 4.79 Å². The van der Waals surface area contributed by atoms with Crippen molar-refractivity contribution >= 4 is 17.6 Å². The van der Waals surface area contributed by atoms with Crippen molar-refractivity contribution in [2.24, 2.45) is 7.05 Å². The first kappa shape index (κ1) is 11.7. The highest BCUT2D eigenvalue weighted by atomic mass is 32.2. The van der Waals surface area contributed by atoms with Crippen LogP contribution < -0.4 is 11.3 Å². The van der Waals surface area contributed by atoms with E-state index in [-0.39, 0.29) is 11.4 Å². The Morgan fingerprint density at radius 1 is 1.59 bits per heavy atom. The summed E-state index contributed by atoms with van der Waals surface area (Å²) in [6, 6.07) is 1.27. The lowest BCUT2D eigenvalue weighted by Crippen LogP contribution is -2.10. The van der Waals surface area contributed by atoms with Crippen molar-refractivity contribution in [1.82, 2.24) is 19.5 Å². The highest BCUT2D eigenvalue weighted by Gasteiger charge is 2.02. The van der Waals surface area contributed by atoms with Crippen LogP contribution in [0.4, 0.5) is 5.82 Å². The van der Waals surface area contributed by atoms with Crippen molar-refractivity contribution in [3.63, 3.8) is 0 Å². The molecule has 0 amide bonds. The van der Waals surface area contributed by atoms with Crippen LogP contribution in [0.15, 0.2) is 28.4 Å². The number of nitrogens with zero attached hydrogens (tertiary/aromatic N) is 3. The molecule has 3 N–H and O–H groups in total. The van der Waals surface area contributed by atoms with E-state index in [1.165, 1.54) is 17.8 Å². The van der Waals surface area contributed by atoms with Crippen molar-refractivity contribution in [3.05, 3.63) is 34.6 Å². The minimum absolute atomic E-state index is 0.225. The van der Waals surface area contributed by atoms with Gasteiger partial charge in [0.25, 0.3) is 5.56 Å². The zero-order valence-electron chi connectivity index (χ0n) is 9.38. The molecule has 0 aromatic carbocycles. The smallest absolute Gasteiger partial charge is 0.253 e. The summed E-state index contributed by atoms with van der Waals surface area (Å²) in [6.07, 6.45) is 4.48. The molecule has 0 fully saturated rings. The van der Waals surface area contributed by atoms with Crippen LogP contribution in [0, 0.1) is 0 Å². The number of imidazole rings is 1. The molecule has 0 spiro atoms. The summed E-state index contributed by atoms with van der Waals surface area (Å²) in [6.45, 7) is 0. The summed E-state index contributed by atoms with van der Waals surface area (Å²) in [5.41, 5.74) is 5.26. The Bertz CT molecular complexity index is 562. The fraction of sp³-hybridized carbons (Fsp3) is 0.300. The molecule has 0 bridgehead atoms. The zero-order valence-corrected chi connectivity index (χ0v) is 10.2. The molecule has 6 nitrogen and oxygen atoms in total. The molecular weight excluding hydrogens is 238 g/mol. The standard InChI is InChI=1S/C10H13N5OS/c1-15-4-3-12-8(15)2-5-17-10-13-7(11)6-9(16)14-10/h3-4,6H,2,5H2,1H3,(H3,11,13,14,16). The number of anilines is 1. The quantitative estimate of drug-likeness (QED) is 0.607. The van der Waals surface area contributed by atoms with E-state index in [4.69, 9.17) is 5.73 Å². The summed E-state index contributed by atoms with van der Waals surface area (Å²) in [5.74, 6) is 2.04. The molecule has 0 saturated heterocycles. The number of nitrogen functional groups attached to an aromatic ring is 1. The molecule has 2 aromatic rings. The van der Waals surface area contributed by atoms with Gasteiger partial charge in [-0.05, 0) is 0 Å². The van der Waals surface area contributed by atoms with Crippen molar-refractivity contribution in [2.45, 2.75) is 11.6 Å². The summed E-state index contributed by atoms with van der Waals surface area (Å²) in [5, 5.41) is 0.546. The maximum Gasteiger partial charge on any atom is 0.253 e. The van der Waals surface area contributed by atoms with E-state index in [1.807, 2.05) is 17.8 Å². The molecule has 0 aliphatic heterocycles. The average Bonchev–Trinajstić information content (AvgIpc) is 2.63. The summed E-state index contributed by atoms with van der Waals surface area (Å²) >= 11 is 1.46. The van der Waals surface area contributed by atoms with E-state index in [0.29, 0.717) is 5.16 Å². The Hall–Kier alpha value is -1.76. The van der Waals surface area contributed by atoms with Gasteiger partial charge in [-0.15, -0.1) is 0 Å². The monoisotopic (exact) mass is 251 g/mol. The van der Waals surface area contributed by atoms with Crippen LogP contribution in [0.25, 0.3) is 0 Å². The molecule has 2 aromatic heterocycles. The molecule has 90 valence electrons. The normalized spacial score (nSPS) is 10.6. The Balaban J connectivity index is 1.94. The number of nitrogens with one attached hydrogen (secondary N) is 1. The number of thioether (sulfide) groups is 1. The molecule has 2 rings (SSSR count). The van der Waals surface area contributed by atoms with Gasteiger partial charge in [0.2, 0.25) is 0 Å². The lowest BCUT2D eigenvalue weighted by Gasteiger charge is -2.02. The molecule has 0 atom stereocenters. The first-order valence-electron chi connectivity index (χ1n) is 5.11. The van der Waals surface area contributed by atoms with Gasteiger partial charge in [0.05, 0.1) is 0 Å². The second-order valence-electron chi connectivity index (χ2n) is 3.53. The van der Waals surface area contributed by atoms with E-state index in [1.54, 1.807) is 6.20 Å². The maximum atomic E-state index is 11.2. The SMILES string of the molecule is Cn1ccnc1CCSc1nc(N)cc(=O)[nH]1. The number of aromatic amines is 1. The number of H-pyrrole nitrogens is 1. The predicted molar refractivity (Wildman–Crippen MR) is 66.9 cm³/mol. The van der Waals surface area contributed by atoms with Crippen LogP contribution in [0.2, 0.25) is 0 Å². The van der Waals surface area contributed by atoms with Gasteiger partial charge >= 0.3 is 0 Å². The summed E-state index contributed by atoms with van der Waals surface area (Å²) in [4.78, 5) is 22.0. The highest BCUT2D eigenvalue weighted by molar-refractivity contribution is 7.99. The van der Waals surface area contributed by atoms with Gasteiger partial charge in [0.1, 0.15) is 11.6 Å². The minimum Gasteiger partial charge on any atom is -0.383 e. The van der Waals surface area contributed by atoms with Crippen LogP contribution in [0.5, 0.6) is 0 Å². The van der Waals surface area contributed by atoms with Crippen LogP contribution in [-0.2, 0) is 13.5 Å². The maximum absolute atomic E-state index is 11.2. The Kier molecular flexibility index (Phi) is 3.48. The molecule has 2 heterocycles. The third-order valence-electron chi connectivity index (χ3n) is 2.23. The van der Waals surface area contributed by atoms with E-state index in [2.05, 4.69) is 15.0 Å². The summed E-state index contributed by atoms with van der Waals surface area (Å²) < 4.78 is 1.97. The van der Waals surface area contributed by atoms with Crippen LogP contribution >= 0.6 is 11.8 Å². The van der Waals surface area contributed by atoms with Crippen molar-refractivity contribution in [2.75, 3.05) is 11.5 Å². The number of rotatable bonds is 4. The molecule has 0 unspecified atom stereocenters. The Labute approximate surface area is 102 Å². The van der Waals surface area contributed by atoms with Gasteiger partial charge in [0, 0.05) is 37.7 Å². The largest absolute Gasteiger partial charge is 0.383 e. The lowest BCUT2D eigenvalue weighted by molar-refractivity contribution is 0.810. The molecular formula is C10H13N5OS. The van der Waals surface area contributed by atoms with Crippen LogP contribution in [0.3, 0.4) is 0 Å². The molecule has 0 saturated carbocycles. The Morgan fingerprint density at radius 2 is 2.41 bits per heavy atom. The van der Waals surface area contributed by atoms with Crippen molar-refractivity contribution in [3.8, 4) is 0 Å². The molecule has 0 aliphatic carbocycles. The second-order valence-corrected chi connectivity index (χ2v) is 4.61. The predicted octanol–water partition coefficient (Wildman–Crippen LogP) is 0.420. The first-order chi connectivity index (χ1) is 8.15. The van der Waals surface area contributed by atoms with Gasteiger partial charge in [0.15, 0.2) is 5.16 Å². The van der Waals surface area contributed by atoms with Gasteiger partial charge in [-0.3, -0.25) is 4.79 Å². The lowest BCUT2D eigenvalue weighted by atomic mass is 10.4. The van der Waals surface area contributed by atoms with E-state index in [0.717, 1.165) is 18.0 Å². The third kappa shape index (κ3) is 3.10. The van der Waals surface area contributed by atoms with Gasteiger partial charge in [-0.25, -0.2) is 9.97 Å². The van der Waals surface area contributed by atoms with Crippen molar-refractivity contribution in [1.29, 1.82) is 0 Å². The summed E-state index contributed by atoms with van der Waals surface area (Å²) in [7, 11) is 1.95. The number of nitrogens with two attached hydrogens (primary N) is 1. The molecule has 0 radical (unpaired) electrons. The van der Waals surface area contributed by atoms with Gasteiger partial charge < -0.3 is 15.3 Å². The molecule has 17 heavy (non-hydrogen) atoms. The minimum atomic E-state index is -0.225. The fourth-order valence-corrected chi connectivity index (χ4v) is 2.22. The zero-order chi connectivity index (χ0) is 12.3. The van der Waals surface area contributed by atoms with Crippen LogP contribution in [0.1, 0.15) is 5.82 Å². The van der Waals surface area contributed by atoms with Gasteiger partial charge in [-0.1, -0.05) is 11.8 Å². The number of hydrogen-bond acceptors (Lipinski definition) is 5. The van der Waals surface area contributed by atoms with Crippen molar-refractivity contribution < 1.29 is 0 Å². The molecule has 0 aliphatic rings. The number of aryl methyl sites for hydroxylation is 2. The first-order valence-corrected chi connectivity index (χ1v) is 6.09. The average molecular weight is 251 g/mol. The number of hydrogen-bond donors (Lipinski definition) is 2. The van der Waals surface area contributed by atoms with E-state index >= 15 is 0 Å². The third-order valence-corrected chi connectivity index (χ3v) is 3.10. The Morgan fingerprint density at radius 3 is 3.06 bits per heavy atom. The van der Waals surface area contributed by atoms with Crippen LogP contribution in [-0.4, -0.2) is 25.3 Å².